The topological polar surface area (TPSA) is 47.6 Å². The van der Waals surface area contributed by atoms with Crippen molar-refractivity contribution in [3.05, 3.63) is 52.5 Å². The minimum Gasteiger partial charge on any atom is -0.400 e. The van der Waals surface area contributed by atoms with Gasteiger partial charge in [0.1, 0.15) is 0 Å². The minimum absolute atomic E-state index is 0.103. The monoisotopic (exact) mass is 385 g/mol. The van der Waals surface area contributed by atoms with E-state index < -0.39 is 18.3 Å². The number of rotatable bonds is 4. The van der Waals surface area contributed by atoms with Crippen LogP contribution >= 0.6 is 11.6 Å². The molecule has 0 unspecified atom stereocenters. The summed E-state index contributed by atoms with van der Waals surface area (Å²) in [6.45, 7) is 9.88. The molecular weight excluding hydrogens is 361 g/mol. The Hall–Kier alpha value is -1.82. The molecule has 2 aromatic carbocycles. The molecule has 1 heterocycles. The van der Waals surface area contributed by atoms with Gasteiger partial charge in [0, 0.05) is 23.9 Å². The van der Waals surface area contributed by atoms with Gasteiger partial charge in [-0.3, -0.25) is 4.79 Å². The van der Waals surface area contributed by atoms with E-state index in [1.165, 1.54) is 6.92 Å². The van der Waals surface area contributed by atoms with Crippen molar-refractivity contribution in [1.29, 1.82) is 0 Å². The summed E-state index contributed by atoms with van der Waals surface area (Å²) in [6, 6.07) is 11.9. The van der Waals surface area contributed by atoms with Gasteiger partial charge in [-0.2, -0.15) is 0 Å². The highest BCUT2D eigenvalue weighted by Gasteiger charge is 2.52. The number of hydrogen-bond donors (Lipinski definition) is 1. The predicted octanol–water partition coefficient (Wildman–Crippen LogP) is 4.64. The zero-order valence-corrected chi connectivity index (χ0v) is 17.2. The lowest BCUT2D eigenvalue weighted by Crippen LogP contribution is -2.41. The lowest BCUT2D eigenvalue weighted by molar-refractivity contribution is -0.118. The molecule has 0 radical (unpaired) electrons. The Morgan fingerprint density at radius 3 is 2.30 bits per heavy atom. The van der Waals surface area contributed by atoms with E-state index in [1.54, 1.807) is 0 Å². The first-order valence-corrected chi connectivity index (χ1v) is 9.46. The maximum Gasteiger partial charge on any atom is 0.492 e. The predicted molar refractivity (Wildman–Crippen MR) is 112 cm³/mol. The van der Waals surface area contributed by atoms with E-state index in [0.717, 1.165) is 21.8 Å². The van der Waals surface area contributed by atoms with Crippen molar-refractivity contribution in [1.82, 2.24) is 5.32 Å². The lowest BCUT2D eigenvalue weighted by atomic mass is 9.76. The van der Waals surface area contributed by atoms with Crippen LogP contribution in [0.5, 0.6) is 0 Å². The van der Waals surface area contributed by atoms with Crippen LogP contribution in [-0.4, -0.2) is 30.8 Å². The van der Waals surface area contributed by atoms with Crippen LogP contribution in [0.25, 0.3) is 16.8 Å². The second-order valence-electron chi connectivity index (χ2n) is 7.90. The van der Waals surface area contributed by atoms with Gasteiger partial charge in [-0.1, -0.05) is 48.0 Å². The summed E-state index contributed by atoms with van der Waals surface area (Å²) in [5.41, 5.74) is 0.900. The number of carbonyl (C=O) groups is 1. The highest BCUT2D eigenvalue weighted by atomic mass is 35.5. The minimum atomic E-state index is -0.542. The maximum absolute atomic E-state index is 11.5. The standard InChI is InChI=1S/C21H25BClNO3/c1-14(25)24-13-17(22-26-20(2,3)21(4,5)27-22)12-16-10-6-8-15-9-7-11-18(23)19(15)16/h6-12H,13H2,1-5H3,(H,24,25). The summed E-state index contributed by atoms with van der Waals surface area (Å²) in [5.74, 6) is -0.103. The average Bonchev–Trinajstić information content (AvgIpc) is 2.79. The molecular formula is C21H25BClNO3. The summed E-state index contributed by atoms with van der Waals surface area (Å²) in [7, 11) is -0.542. The number of benzene rings is 2. The SMILES string of the molecule is CC(=O)NCC(=Cc1cccc2cccc(Cl)c12)B1OC(C)(C)C(C)(C)O1. The van der Waals surface area contributed by atoms with Crippen LogP contribution < -0.4 is 5.32 Å². The van der Waals surface area contributed by atoms with Crippen LogP contribution in [0.3, 0.4) is 0 Å². The van der Waals surface area contributed by atoms with Gasteiger partial charge in [-0.05, 0) is 50.2 Å². The van der Waals surface area contributed by atoms with Gasteiger partial charge < -0.3 is 14.6 Å². The molecule has 0 aromatic heterocycles. The van der Waals surface area contributed by atoms with Crippen molar-refractivity contribution in [3.8, 4) is 0 Å². The molecule has 6 heteroatoms. The summed E-state index contributed by atoms with van der Waals surface area (Å²) in [6.07, 6.45) is 2.01. The van der Waals surface area contributed by atoms with Crippen LogP contribution in [0.2, 0.25) is 5.02 Å². The van der Waals surface area contributed by atoms with E-state index in [4.69, 9.17) is 20.9 Å². The summed E-state index contributed by atoms with van der Waals surface area (Å²) >= 11 is 6.46. The van der Waals surface area contributed by atoms with Gasteiger partial charge in [0.05, 0.1) is 11.2 Å². The molecule has 1 aliphatic heterocycles. The van der Waals surface area contributed by atoms with Crippen molar-refractivity contribution < 1.29 is 14.1 Å². The number of nitrogens with one attached hydrogen (secondary N) is 1. The number of carbonyl (C=O) groups excluding carboxylic acids is 1. The number of hydrogen-bond acceptors (Lipinski definition) is 3. The fourth-order valence-corrected chi connectivity index (χ4v) is 3.36. The van der Waals surface area contributed by atoms with Crippen molar-refractivity contribution >= 4 is 41.5 Å². The van der Waals surface area contributed by atoms with Gasteiger partial charge in [-0.25, -0.2) is 0 Å². The van der Waals surface area contributed by atoms with E-state index in [9.17, 15) is 4.79 Å². The van der Waals surface area contributed by atoms with E-state index in [-0.39, 0.29) is 5.91 Å². The molecule has 1 fully saturated rings. The Labute approximate surface area is 166 Å². The van der Waals surface area contributed by atoms with Crippen LogP contribution in [0.1, 0.15) is 40.2 Å². The second-order valence-corrected chi connectivity index (χ2v) is 8.31. The zero-order chi connectivity index (χ0) is 19.8. The molecule has 1 N–H and O–H groups in total. The molecule has 0 atom stereocenters. The fourth-order valence-electron chi connectivity index (χ4n) is 3.07. The summed E-state index contributed by atoms with van der Waals surface area (Å²) < 4.78 is 12.4. The quantitative estimate of drug-likeness (QED) is 0.780. The highest BCUT2D eigenvalue weighted by Crippen LogP contribution is 2.39. The molecule has 1 saturated heterocycles. The van der Waals surface area contributed by atoms with Gasteiger partial charge >= 0.3 is 7.12 Å². The van der Waals surface area contributed by atoms with E-state index in [2.05, 4.69) is 5.32 Å². The first-order chi connectivity index (χ1) is 12.6. The van der Waals surface area contributed by atoms with Crippen LogP contribution in [0, 0.1) is 0 Å². The van der Waals surface area contributed by atoms with E-state index in [0.29, 0.717) is 11.6 Å². The Balaban J connectivity index is 2.06. The maximum atomic E-state index is 11.5. The van der Waals surface area contributed by atoms with E-state index in [1.807, 2.05) is 70.2 Å². The van der Waals surface area contributed by atoms with Crippen molar-refractivity contribution in [2.24, 2.45) is 0 Å². The molecule has 4 nitrogen and oxygen atoms in total. The zero-order valence-electron chi connectivity index (χ0n) is 16.4. The van der Waals surface area contributed by atoms with Gasteiger partial charge in [0.15, 0.2) is 0 Å². The van der Waals surface area contributed by atoms with Gasteiger partial charge in [0.2, 0.25) is 5.91 Å². The largest absolute Gasteiger partial charge is 0.492 e. The van der Waals surface area contributed by atoms with E-state index >= 15 is 0 Å². The first-order valence-electron chi connectivity index (χ1n) is 9.08. The van der Waals surface area contributed by atoms with Crippen molar-refractivity contribution in [2.45, 2.75) is 45.8 Å². The Morgan fingerprint density at radius 2 is 1.70 bits per heavy atom. The highest BCUT2D eigenvalue weighted by molar-refractivity contribution is 6.56. The van der Waals surface area contributed by atoms with Crippen LogP contribution in [-0.2, 0) is 14.1 Å². The Bertz CT molecular complexity index is 886. The summed E-state index contributed by atoms with van der Waals surface area (Å²) in [4.78, 5) is 11.5. The molecule has 0 bridgehead atoms. The third-order valence-electron chi connectivity index (χ3n) is 5.32. The molecule has 1 aliphatic rings. The molecule has 27 heavy (non-hydrogen) atoms. The molecule has 3 rings (SSSR count). The van der Waals surface area contributed by atoms with Crippen molar-refractivity contribution in [2.75, 3.05) is 6.54 Å². The third-order valence-corrected chi connectivity index (χ3v) is 5.64. The first kappa shape index (κ1) is 19.9. The second kappa shape index (κ2) is 7.31. The molecule has 2 aromatic rings. The van der Waals surface area contributed by atoms with Crippen LogP contribution in [0.4, 0.5) is 0 Å². The number of fused-ring (bicyclic) bond motifs is 1. The smallest absolute Gasteiger partial charge is 0.400 e. The van der Waals surface area contributed by atoms with Gasteiger partial charge in [0.25, 0.3) is 0 Å². The third kappa shape index (κ3) is 4.05. The molecule has 142 valence electrons. The lowest BCUT2D eigenvalue weighted by Gasteiger charge is -2.32. The Morgan fingerprint density at radius 1 is 1.11 bits per heavy atom. The summed E-state index contributed by atoms with van der Waals surface area (Å²) in [5, 5.41) is 5.58. The molecule has 0 spiro atoms. The molecule has 0 aliphatic carbocycles. The number of halogens is 1. The van der Waals surface area contributed by atoms with Crippen molar-refractivity contribution in [3.63, 3.8) is 0 Å². The normalized spacial score (nSPS) is 18.7. The molecule has 1 amide bonds. The average molecular weight is 386 g/mol. The van der Waals surface area contributed by atoms with Crippen LogP contribution in [0.15, 0.2) is 41.9 Å². The van der Waals surface area contributed by atoms with Gasteiger partial charge in [-0.15, -0.1) is 0 Å². The Kier molecular flexibility index (Phi) is 5.39. The number of amides is 1. The molecule has 0 saturated carbocycles. The fraction of sp³-hybridized carbons (Fsp3) is 0.381.